The number of alkyl halides is 2. The monoisotopic (exact) mass is 359 g/mol. The van der Waals surface area contributed by atoms with Gasteiger partial charge in [-0.15, -0.1) is 0 Å². The van der Waals surface area contributed by atoms with Crippen molar-refractivity contribution in [3.8, 4) is 0 Å². The predicted molar refractivity (Wildman–Crippen MR) is 87.1 cm³/mol. The van der Waals surface area contributed by atoms with Gasteiger partial charge in [0, 0.05) is 38.5 Å². The molecule has 142 valence electrons. The van der Waals surface area contributed by atoms with Crippen molar-refractivity contribution in [1.29, 1.82) is 0 Å². The molecule has 1 atom stereocenters. The molecule has 2 amide bonds. The van der Waals surface area contributed by atoms with Crippen LogP contribution in [0.25, 0.3) is 0 Å². The second kappa shape index (κ2) is 6.46. The molecule has 0 aromatic rings. The third-order valence-electron chi connectivity index (χ3n) is 5.71. The van der Waals surface area contributed by atoms with Crippen molar-refractivity contribution in [1.82, 2.24) is 14.7 Å². The van der Waals surface area contributed by atoms with Gasteiger partial charge < -0.3 is 19.8 Å². The van der Waals surface area contributed by atoms with Gasteiger partial charge >= 0.3 is 0 Å². The summed E-state index contributed by atoms with van der Waals surface area (Å²) in [5.74, 6) is -4.03. The van der Waals surface area contributed by atoms with Crippen LogP contribution in [0, 0.1) is 11.3 Å². The van der Waals surface area contributed by atoms with Gasteiger partial charge in [-0.2, -0.15) is 0 Å². The number of piperidine rings is 1. The van der Waals surface area contributed by atoms with Crippen LogP contribution in [-0.4, -0.2) is 90.5 Å². The Kier molecular flexibility index (Phi) is 4.79. The van der Waals surface area contributed by atoms with E-state index in [1.165, 1.54) is 4.90 Å². The molecule has 1 saturated carbocycles. The topological polar surface area (TPSA) is 64.1 Å². The first kappa shape index (κ1) is 18.5. The Balaban J connectivity index is 1.72. The zero-order valence-electron chi connectivity index (χ0n) is 14.9. The molecule has 2 saturated heterocycles. The van der Waals surface area contributed by atoms with Crippen molar-refractivity contribution in [2.75, 3.05) is 46.8 Å². The Labute approximate surface area is 146 Å². The van der Waals surface area contributed by atoms with Crippen LogP contribution in [0.2, 0.25) is 0 Å². The number of halogens is 2. The van der Waals surface area contributed by atoms with Crippen molar-refractivity contribution in [3.63, 3.8) is 0 Å². The largest absolute Gasteiger partial charge is 0.393 e. The lowest BCUT2D eigenvalue weighted by atomic mass is 9.75. The van der Waals surface area contributed by atoms with Crippen LogP contribution in [0.5, 0.6) is 0 Å². The SMILES string of the molecule is CN(C)CCN1CCC2(CN(C(=O)C3CC(O)C3)CC(F)(F)C2)C1=O. The van der Waals surface area contributed by atoms with E-state index in [9.17, 15) is 23.5 Å². The molecule has 8 heteroatoms. The van der Waals surface area contributed by atoms with Crippen LogP contribution in [0.15, 0.2) is 0 Å². The summed E-state index contributed by atoms with van der Waals surface area (Å²) in [5.41, 5.74) is -1.16. The molecule has 0 radical (unpaired) electrons. The number of carbonyl (C=O) groups is 2. The van der Waals surface area contributed by atoms with Gasteiger partial charge in [0.1, 0.15) is 0 Å². The molecule has 0 aromatic heterocycles. The molecule has 1 spiro atoms. The lowest BCUT2D eigenvalue weighted by Gasteiger charge is -2.45. The molecule has 3 rings (SSSR count). The van der Waals surface area contributed by atoms with Gasteiger partial charge in [0.25, 0.3) is 5.92 Å². The first-order chi connectivity index (χ1) is 11.6. The summed E-state index contributed by atoms with van der Waals surface area (Å²) in [7, 11) is 3.80. The Hall–Kier alpha value is -1.28. The van der Waals surface area contributed by atoms with Crippen LogP contribution in [-0.2, 0) is 9.59 Å². The Morgan fingerprint density at radius 2 is 2.00 bits per heavy atom. The molecule has 2 aliphatic heterocycles. The second-order valence-corrected chi connectivity index (χ2v) is 8.17. The van der Waals surface area contributed by atoms with E-state index in [1.807, 2.05) is 19.0 Å². The zero-order valence-corrected chi connectivity index (χ0v) is 14.9. The lowest BCUT2D eigenvalue weighted by Crippen LogP contribution is -2.59. The van der Waals surface area contributed by atoms with Gasteiger partial charge in [0.2, 0.25) is 11.8 Å². The Bertz CT molecular complexity index is 551. The van der Waals surface area contributed by atoms with Crippen LogP contribution in [0.4, 0.5) is 8.78 Å². The first-order valence-electron chi connectivity index (χ1n) is 8.91. The fourth-order valence-corrected chi connectivity index (χ4v) is 4.25. The van der Waals surface area contributed by atoms with Gasteiger partial charge in [-0.05, 0) is 33.4 Å². The molecular weight excluding hydrogens is 332 g/mol. The van der Waals surface area contributed by atoms with Crippen LogP contribution in [0.3, 0.4) is 0 Å². The van der Waals surface area contributed by atoms with Crippen molar-refractivity contribution >= 4 is 11.8 Å². The number of amides is 2. The average Bonchev–Trinajstić information content (AvgIpc) is 2.76. The number of likely N-dealkylation sites (N-methyl/N-ethyl adjacent to an activating group) is 1. The van der Waals surface area contributed by atoms with Crippen LogP contribution in [0.1, 0.15) is 25.7 Å². The summed E-state index contributed by atoms with van der Waals surface area (Å²) >= 11 is 0. The second-order valence-electron chi connectivity index (χ2n) is 8.17. The van der Waals surface area contributed by atoms with Crippen molar-refractivity contribution in [3.05, 3.63) is 0 Å². The smallest absolute Gasteiger partial charge is 0.266 e. The summed E-state index contributed by atoms with van der Waals surface area (Å²) < 4.78 is 28.7. The number of likely N-dealkylation sites (tertiary alicyclic amines) is 2. The lowest BCUT2D eigenvalue weighted by molar-refractivity contribution is -0.168. The molecular formula is C17H27F2N3O3. The van der Waals surface area contributed by atoms with Gasteiger partial charge in [-0.3, -0.25) is 9.59 Å². The number of rotatable bonds is 4. The Morgan fingerprint density at radius 3 is 2.60 bits per heavy atom. The highest BCUT2D eigenvalue weighted by atomic mass is 19.3. The molecule has 25 heavy (non-hydrogen) atoms. The fraction of sp³-hybridized carbons (Fsp3) is 0.882. The third-order valence-corrected chi connectivity index (χ3v) is 5.71. The molecule has 1 aliphatic carbocycles. The van der Waals surface area contributed by atoms with Gasteiger partial charge in [0.05, 0.1) is 18.1 Å². The standard InChI is InChI=1S/C17H27F2N3O3/c1-20(2)5-6-21-4-3-16(15(21)25)9-17(18,19)11-22(10-16)14(24)12-7-13(23)8-12/h12-13,23H,3-11H2,1-2H3. The van der Waals surface area contributed by atoms with Gasteiger partial charge in [0.15, 0.2) is 0 Å². The number of aliphatic hydroxyl groups excluding tert-OH is 1. The highest BCUT2D eigenvalue weighted by Gasteiger charge is 2.58. The predicted octanol–water partition coefficient (Wildman–Crippen LogP) is 0.405. The van der Waals surface area contributed by atoms with E-state index in [4.69, 9.17) is 0 Å². The van der Waals surface area contributed by atoms with Crippen molar-refractivity contribution in [2.45, 2.75) is 37.7 Å². The maximum absolute atomic E-state index is 14.4. The quantitative estimate of drug-likeness (QED) is 0.790. The van der Waals surface area contributed by atoms with E-state index in [2.05, 4.69) is 0 Å². The van der Waals surface area contributed by atoms with Crippen molar-refractivity contribution in [2.24, 2.45) is 11.3 Å². The summed E-state index contributed by atoms with van der Waals surface area (Å²) in [5, 5.41) is 9.37. The van der Waals surface area contributed by atoms with E-state index in [1.54, 1.807) is 4.90 Å². The maximum atomic E-state index is 14.4. The number of hydrogen-bond acceptors (Lipinski definition) is 4. The molecule has 2 heterocycles. The van der Waals surface area contributed by atoms with Crippen LogP contribution < -0.4 is 0 Å². The zero-order chi connectivity index (χ0) is 18.4. The maximum Gasteiger partial charge on any atom is 0.266 e. The van der Waals surface area contributed by atoms with Crippen molar-refractivity contribution < 1.29 is 23.5 Å². The van der Waals surface area contributed by atoms with Gasteiger partial charge in [-0.1, -0.05) is 0 Å². The first-order valence-corrected chi connectivity index (χ1v) is 8.91. The minimum Gasteiger partial charge on any atom is -0.393 e. The normalized spacial score (nSPS) is 34.7. The summed E-state index contributed by atoms with van der Waals surface area (Å²) in [4.78, 5) is 30.1. The third kappa shape index (κ3) is 3.65. The molecule has 1 unspecified atom stereocenters. The van der Waals surface area contributed by atoms with E-state index >= 15 is 0 Å². The highest BCUT2D eigenvalue weighted by molar-refractivity contribution is 5.87. The summed E-state index contributed by atoms with van der Waals surface area (Å²) in [6.07, 6.45) is 0.0383. The van der Waals surface area contributed by atoms with E-state index in [0.717, 1.165) is 0 Å². The number of aliphatic hydroxyl groups is 1. The molecule has 0 bridgehead atoms. The fourth-order valence-electron chi connectivity index (χ4n) is 4.25. The average molecular weight is 359 g/mol. The summed E-state index contributed by atoms with van der Waals surface area (Å²) in [6.45, 7) is 1.12. The molecule has 1 N–H and O–H groups in total. The van der Waals surface area contributed by atoms with Crippen LogP contribution >= 0.6 is 0 Å². The number of hydrogen-bond donors (Lipinski definition) is 1. The van der Waals surface area contributed by atoms with E-state index in [0.29, 0.717) is 38.9 Å². The molecule has 3 aliphatic rings. The minimum absolute atomic E-state index is 0.0747. The highest BCUT2D eigenvalue weighted by Crippen LogP contribution is 2.46. The number of nitrogens with zero attached hydrogens (tertiary/aromatic N) is 3. The number of carbonyl (C=O) groups excluding carboxylic acids is 2. The molecule has 6 nitrogen and oxygen atoms in total. The molecule has 0 aromatic carbocycles. The minimum atomic E-state index is -3.05. The van der Waals surface area contributed by atoms with E-state index < -0.39 is 30.4 Å². The van der Waals surface area contributed by atoms with E-state index in [-0.39, 0.29) is 24.3 Å². The van der Waals surface area contributed by atoms with Gasteiger partial charge in [-0.25, -0.2) is 8.78 Å². The Morgan fingerprint density at radius 1 is 1.32 bits per heavy atom. The molecule has 3 fully saturated rings. The summed E-state index contributed by atoms with van der Waals surface area (Å²) in [6, 6.07) is 0.